The van der Waals surface area contributed by atoms with Crippen molar-refractivity contribution in [3.63, 3.8) is 0 Å². The smallest absolute Gasteiger partial charge is 0.163 e. The number of hydrogen-bond acceptors (Lipinski definition) is 3. The Morgan fingerprint density at radius 2 is 1.82 bits per heavy atom. The molecular weight excluding hydrogens is 276 g/mol. The van der Waals surface area contributed by atoms with Crippen LogP contribution in [0.1, 0.15) is 66.2 Å². The molecule has 2 saturated carbocycles. The van der Waals surface area contributed by atoms with Gasteiger partial charge in [0.05, 0.1) is 12.2 Å². The van der Waals surface area contributed by atoms with Gasteiger partial charge < -0.3 is 9.47 Å². The zero-order valence-corrected chi connectivity index (χ0v) is 14.3. The van der Waals surface area contributed by atoms with Gasteiger partial charge in [0.2, 0.25) is 0 Å². The summed E-state index contributed by atoms with van der Waals surface area (Å²) in [4.78, 5) is 12.1. The normalized spacial score (nSPS) is 47.0. The van der Waals surface area contributed by atoms with Crippen molar-refractivity contribution in [2.75, 3.05) is 0 Å². The highest BCUT2D eigenvalue weighted by Gasteiger charge is 2.56. The maximum Gasteiger partial charge on any atom is 0.163 e. The lowest BCUT2D eigenvalue weighted by Gasteiger charge is -2.53. The lowest BCUT2D eigenvalue weighted by atomic mass is 9.52. The van der Waals surface area contributed by atoms with E-state index in [1.165, 1.54) is 12.0 Å². The number of carbonyl (C=O) groups excluding carboxylic acids is 1. The molecule has 5 unspecified atom stereocenters. The summed E-state index contributed by atoms with van der Waals surface area (Å²) in [5, 5.41) is 0. The summed E-state index contributed by atoms with van der Waals surface area (Å²) in [5.74, 6) is 1.20. The first-order chi connectivity index (χ1) is 10.3. The van der Waals surface area contributed by atoms with Crippen LogP contribution in [-0.2, 0) is 14.3 Å². The van der Waals surface area contributed by atoms with Gasteiger partial charge in [0.25, 0.3) is 0 Å². The molecule has 3 heteroatoms. The number of allylic oxidation sites excluding steroid dienone is 2. The maximum atomic E-state index is 12.1. The summed E-state index contributed by atoms with van der Waals surface area (Å²) in [6.45, 7) is 8.57. The van der Waals surface area contributed by atoms with E-state index >= 15 is 0 Å². The van der Waals surface area contributed by atoms with E-state index in [-0.39, 0.29) is 12.2 Å². The van der Waals surface area contributed by atoms with Crippen LogP contribution in [0, 0.1) is 17.3 Å². The van der Waals surface area contributed by atoms with Gasteiger partial charge >= 0.3 is 0 Å². The molecule has 3 aliphatic carbocycles. The molecule has 22 heavy (non-hydrogen) atoms. The van der Waals surface area contributed by atoms with E-state index in [1.54, 1.807) is 0 Å². The average Bonchev–Trinajstić information content (AvgIpc) is 2.72. The first-order valence-corrected chi connectivity index (χ1v) is 8.88. The van der Waals surface area contributed by atoms with Crippen LogP contribution < -0.4 is 0 Å². The first-order valence-electron chi connectivity index (χ1n) is 8.88. The van der Waals surface area contributed by atoms with Crippen LogP contribution in [0.25, 0.3) is 0 Å². The van der Waals surface area contributed by atoms with Crippen LogP contribution in [0.3, 0.4) is 0 Å². The van der Waals surface area contributed by atoms with Crippen LogP contribution in [0.5, 0.6) is 0 Å². The van der Waals surface area contributed by atoms with Crippen molar-refractivity contribution < 1.29 is 14.3 Å². The lowest BCUT2D eigenvalue weighted by molar-refractivity contribution is -0.146. The predicted molar refractivity (Wildman–Crippen MR) is 84.3 cm³/mol. The Hall–Kier alpha value is -0.670. The summed E-state index contributed by atoms with van der Waals surface area (Å²) in [6, 6.07) is 0. The predicted octanol–water partition coefficient (Wildman–Crippen LogP) is 4.01. The van der Waals surface area contributed by atoms with E-state index in [2.05, 4.69) is 13.8 Å². The fraction of sp³-hybridized carbons (Fsp3) is 0.842. The summed E-state index contributed by atoms with van der Waals surface area (Å²) >= 11 is 0. The van der Waals surface area contributed by atoms with Crippen LogP contribution in [-0.4, -0.2) is 23.8 Å². The van der Waals surface area contributed by atoms with E-state index in [9.17, 15) is 4.79 Å². The van der Waals surface area contributed by atoms with Crippen LogP contribution >= 0.6 is 0 Å². The van der Waals surface area contributed by atoms with Crippen LogP contribution in [0.2, 0.25) is 0 Å². The first kappa shape index (κ1) is 14.9. The third kappa shape index (κ3) is 2.12. The second-order valence-corrected chi connectivity index (χ2v) is 8.63. The third-order valence-corrected chi connectivity index (χ3v) is 6.82. The number of rotatable bonds is 0. The molecule has 0 radical (unpaired) electrons. The Kier molecular flexibility index (Phi) is 3.16. The van der Waals surface area contributed by atoms with Crippen molar-refractivity contribution in [3.8, 4) is 0 Å². The number of ketones is 1. The molecule has 3 fully saturated rings. The molecule has 1 aliphatic heterocycles. The maximum absolute atomic E-state index is 12.1. The Bertz CT molecular complexity index is 547. The van der Waals surface area contributed by atoms with Crippen molar-refractivity contribution >= 4 is 5.78 Å². The van der Waals surface area contributed by atoms with Gasteiger partial charge in [0.15, 0.2) is 11.6 Å². The van der Waals surface area contributed by atoms with Gasteiger partial charge in [-0.05, 0) is 75.7 Å². The largest absolute Gasteiger partial charge is 0.345 e. The van der Waals surface area contributed by atoms with Gasteiger partial charge in [-0.1, -0.05) is 12.5 Å². The average molecular weight is 304 g/mol. The van der Waals surface area contributed by atoms with Gasteiger partial charge in [-0.15, -0.1) is 0 Å². The van der Waals surface area contributed by atoms with Gasteiger partial charge in [0, 0.05) is 6.42 Å². The molecule has 4 aliphatic rings. The quantitative estimate of drug-likeness (QED) is 0.678. The summed E-state index contributed by atoms with van der Waals surface area (Å²) in [6.07, 6.45) is 6.80. The minimum atomic E-state index is -0.434. The molecule has 0 bridgehead atoms. The molecule has 1 heterocycles. The minimum Gasteiger partial charge on any atom is -0.345 e. The fourth-order valence-electron chi connectivity index (χ4n) is 5.71. The standard InChI is InChI=1S/C19H28O3/c1-11-12-7-8-19(4)10-17-16(21-18(2,3)22-17)9-14(19)13(12)5-6-15(11)20/h13-14,16-17H,5-10H2,1-4H3. The molecule has 4 rings (SSSR count). The molecule has 0 aromatic carbocycles. The zero-order chi connectivity index (χ0) is 15.7. The van der Waals surface area contributed by atoms with E-state index in [0.717, 1.165) is 37.7 Å². The highest BCUT2D eigenvalue weighted by molar-refractivity contribution is 5.96. The van der Waals surface area contributed by atoms with E-state index in [1.807, 2.05) is 13.8 Å². The van der Waals surface area contributed by atoms with Crippen LogP contribution in [0.4, 0.5) is 0 Å². The highest BCUT2D eigenvalue weighted by Crippen LogP contribution is 2.59. The zero-order valence-electron chi connectivity index (χ0n) is 14.3. The van der Waals surface area contributed by atoms with Crippen LogP contribution in [0.15, 0.2) is 11.1 Å². The summed E-state index contributed by atoms with van der Waals surface area (Å²) < 4.78 is 12.3. The Morgan fingerprint density at radius 3 is 2.59 bits per heavy atom. The Balaban J connectivity index is 1.66. The second kappa shape index (κ2) is 4.67. The lowest BCUT2D eigenvalue weighted by Crippen LogP contribution is -2.49. The van der Waals surface area contributed by atoms with Crippen molar-refractivity contribution in [2.24, 2.45) is 17.3 Å². The number of ether oxygens (including phenoxy) is 2. The molecule has 0 N–H and O–H groups in total. The number of fused-ring (bicyclic) bond motifs is 4. The minimum absolute atomic E-state index is 0.241. The summed E-state index contributed by atoms with van der Waals surface area (Å²) in [7, 11) is 0. The second-order valence-electron chi connectivity index (χ2n) is 8.63. The molecular formula is C19H28O3. The van der Waals surface area contributed by atoms with E-state index < -0.39 is 5.79 Å². The molecule has 0 aromatic heterocycles. The van der Waals surface area contributed by atoms with Gasteiger partial charge in [-0.2, -0.15) is 0 Å². The highest BCUT2D eigenvalue weighted by atomic mass is 16.7. The van der Waals surface area contributed by atoms with Gasteiger partial charge in [-0.3, -0.25) is 4.79 Å². The number of hydrogen-bond donors (Lipinski definition) is 0. The van der Waals surface area contributed by atoms with Crippen molar-refractivity contribution in [3.05, 3.63) is 11.1 Å². The summed E-state index contributed by atoms with van der Waals surface area (Å²) in [5.41, 5.74) is 2.89. The van der Waals surface area contributed by atoms with E-state index in [0.29, 0.717) is 23.0 Å². The Morgan fingerprint density at radius 1 is 1.09 bits per heavy atom. The monoisotopic (exact) mass is 304 g/mol. The van der Waals surface area contributed by atoms with Crippen molar-refractivity contribution in [1.29, 1.82) is 0 Å². The SMILES string of the molecule is CC1=C2CCC3(C)CC4OC(C)(C)OC4CC3C2CCC1=O. The molecule has 1 saturated heterocycles. The topological polar surface area (TPSA) is 35.5 Å². The Labute approximate surface area is 133 Å². The fourth-order valence-corrected chi connectivity index (χ4v) is 5.71. The molecule has 5 atom stereocenters. The molecule has 0 amide bonds. The number of carbonyl (C=O) groups is 1. The van der Waals surface area contributed by atoms with E-state index in [4.69, 9.17) is 9.47 Å². The third-order valence-electron chi connectivity index (χ3n) is 6.82. The molecule has 0 aromatic rings. The molecule has 0 spiro atoms. The number of Topliss-reactive ketones (excluding diaryl/α,β-unsaturated/α-hetero) is 1. The van der Waals surface area contributed by atoms with Crippen molar-refractivity contribution in [1.82, 2.24) is 0 Å². The van der Waals surface area contributed by atoms with Crippen molar-refractivity contribution in [2.45, 2.75) is 84.2 Å². The van der Waals surface area contributed by atoms with Gasteiger partial charge in [0.1, 0.15) is 0 Å². The van der Waals surface area contributed by atoms with Gasteiger partial charge in [-0.25, -0.2) is 0 Å². The molecule has 3 nitrogen and oxygen atoms in total. The molecule has 122 valence electrons.